The summed E-state index contributed by atoms with van der Waals surface area (Å²) < 4.78 is 6.00. The first-order valence-corrected chi connectivity index (χ1v) is 10.3. The first-order valence-electron chi connectivity index (χ1n) is 10.3. The number of para-hydroxylation sites is 1. The van der Waals surface area contributed by atoms with E-state index in [2.05, 4.69) is 51.7 Å². The third-order valence-electron chi connectivity index (χ3n) is 5.21. The highest BCUT2D eigenvalue weighted by Gasteiger charge is 2.22. The molecule has 2 N–H and O–H groups in total. The lowest BCUT2D eigenvalue weighted by molar-refractivity contribution is 0.235. The molecule has 0 saturated carbocycles. The fourth-order valence-electron chi connectivity index (χ4n) is 3.73. The Labute approximate surface area is 167 Å². The number of pyridine rings is 1. The second-order valence-electron chi connectivity index (χ2n) is 7.35. The Hall–Kier alpha value is -2.76. The van der Waals surface area contributed by atoms with Crippen LogP contribution >= 0.6 is 0 Å². The minimum atomic E-state index is 0.141. The number of hydrogen-bond acceptors (Lipinski definition) is 4. The molecular weight excluding hydrogens is 350 g/mol. The van der Waals surface area contributed by atoms with Gasteiger partial charge in [0.05, 0.1) is 13.1 Å². The average molecular weight is 380 g/mol. The number of nitrogens with one attached hydrogen (secondary N) is 2. The number of aromatic nitrogens is 1. The van der Waals surface area contributed by atoms with E-state index in [1.807, 2.05) is 18.3 Å². The maximum atomic E-state index is 6.00. The molecule has 0 aliphatic carbocycles. The maximum Gasteiger partial charge on any atom is 0.191 e. The largest absolute Gasteiger partial charge is 0.488 e. The highest BCUT2D eigenvalue weighted by Crippen LogP contribution is 2.27. The fraction of sp³-hybridized carbons (Fsp3) is 0.455. The monoisotopic (exact) mass is 379 g/mol. The van der Waals surface area contributed by atoms with Gasteiger partial charge in [-0.15, -0.1) is 0 Å². The van der Waals surface area contributed by atoms with E-state index in [1.165, 1.54) is 18.4 Å². The van der Waals surface area contributed by atoms with Gasteiger partial charge in [-0.05, 0) is 43.0 Å². The van der Waals surface area contributed by atoms with E-state index in [9.17, 15) is 0 Å². The van der Waals surface area contributed by atoms with Gasteiger partial charge in [-0.1, -0.05) is 24.3 Å². The number of rotatable bonds is 6. The summed E-state index contributed by atoms with van der Waals surface area (Å²) in [7, 11) is 0. The van der Waals surface area contributed by atoms with Crippen molar-refractivity contribution >= 4 is 11.8 Å². The van der Waals surface area contributed by atoms with E-state index in [4.69, 9.17) is 9.73 Å². The second kappa shape index (κ2) is 8.95. The van der Waals surface area contributed by atoms with Crippen molar-refractivity contribution in [1.82, 2.24) is 15.6 Å². The summed E-state index contributed by atoms with van der Waals surface area (Å²) in [6.07, 6.45) is 5.55. The van der Waals surface area contributed by atoms with Crippen LogP contribution in [0.25, 0.3) is 0 Å². The summed E-state index contributed by atoms with van der Waals surface area (Å²) in [6.45, 7) is 6.47. The van der Waals surface area contributed by atoms with Crippen LogP contribution in [0, 0.1) is 0 Å². The van der Waals surface area contributed by atoms with Crippen molar-refractivity contribution in [3.05, 3.63) is 53.7 Å². The lowest BCUT2D eigenvalue weighted by atomic mass is 10.1. The van der Waals surface area contributed by atoms with Crippen LogP contribution in [-0.2, 0) is 13.0 Å². The van der Waals surface area contributed by atoms with Crippen LogP contribution in [0.15, 0.2) is 47.6 Å². The van der Waals surface area contributed by atoms with Crippen LogP contribution in [0.5, 0.6) is 5.75 Å². The maximum absolute atomic E-state index is 6.00. The molecule has 1 atom stereocenters. The molecule has 2 aliphatic heterocycles. The Kier molecular flexibility index (Phi) is 5.95. The van der Waals surface area contributed by atoms with Crippen molar-refractivity contribution in [2.24, 2.45) is 4.99 Å². The summed E-state index contributed by atoms with van der Waals surface area (Å²) >= 11 is 0. The summed E-state index contributed by atoms with van der Waals surface area (Å²) in [5.74, 6) is 2.89. The first kappa shape index (κ1) is 18.6. The van der Waals surface area contributed by atoms with Gasteiger partial charge in [-0.25, -0.2) is 9.98 Å². The number of hydrogen-bond donors (Lipinski definition) is 2. The van der Waals surface area contributed by atoms with Crippen molar-refractivity contribution in [3.8, 4) is 5.75 Å². The smallest absolute Gasteiger partial charge is 0.191 e. The second-order valence-corrected chi connectivity index (χ2v) is 7.35. The Morgan fingerprint density at radius 1 is 1.18 bits per heavy atom. The van der Waals surface area contributed by atoms with E-state index in [-0.39, 0.29) is 6.10 Å². The SMILES string of the molecule is CCNC(=NCc1ccc(N2CCCC2)nc1)NCC1Cc2ccccc2O1. The van der Waals surface area contributed by atoms with E-state index in [0.29, 0.717) is 6.54 Å². The number of guanidine groups is 1. The van der Waals surface area contributed by atoms with E-state index < -0.39 is 0 Å². The van der Waals surface area contributed by atoms with E-state index in [0.717, 1.165) is 55.7 Å². The molecule has 0 radical (unpaired) electrons. The number of aliphatic imine (C=N–C) groups is 1. The van der Waals surface area contributed by atoms with Crippen LogP contribution in [0.3, 0.4) is 0 Å². The van der Waals surface area contributed by atoms with Gasteiger partial charge in [-0.3, -0.25) is 0 Å². The lowest BCUT2D eigenvalue weighted by Gasteiger charge is -2.16. The molecule has 2 aromatic rings. The van der Waals surface area contributed by atoms with Crippen LogP contribution < -0.4 is 20.3 Å². The predicted octanol–water partition coefficient (Wildman–Crippen LogP) is 2.74. The molecule has 1 saturated heterocycles. The molecule has 1 aromatic carbocycles. The predicted molar refractivity (Wildman–Crippen MR) is 113 cm³/mol. The summed E-state index contributed by atoms with van der Waals surface area (Å²) in [5.41, 5.74) is 2.39. The molecule has 1 unspecified atom stereocenters. The van der Waals surface area contributed by atoms with Gasteiger partial charge in [0.15, 0.2) is 5.96 Å². The highest BCUT2D eigenvalue weighted by atomic mass is 16.5. The van der Waals surface area contributed by atoms with Gasteiger partial charge in [-0.2, -0.15) is 0 Å². The number of ether oxygens (including phenoxy) is 1. The zero-order valence-corrected chi connectivity index (χ0v) is 16.5. The Bertz CT molecular complexity index is 774. The molecule has 28 heavy (non-hydrogen) atoms. The van der Waals surface area contributed by atoms with Gasteiger partial charge in [0, 0.05) is 32.3 Å². The zero-order chi connectivity index (χ0) is 19.2. The minimum absolute atomic E-state index is 0.141. The molecule has 1 fully saturated rings. The molecule has 4 rings (SSSR count). The van der Waals surface area contributed by atoms with Crippen molar-refractivity contribution in [1.29, 1.82) is 0 Å². The zero-order valence-electron chi connectivity index (χ0n) is 16.5. The van der Waals surface area contributed by atoms with Gasteiger partial charge < -0.3 is 20.3 Å². The van der Waals surface area contributed by atoms with Crippen LogP contribution in [0.4, 0.5) is 5.82 Å². The van der Waals surface area contributed by atoms with Crippen molar-refractivity contribution in [2.75, 3.05) is 31.1 Å². The fourth-order valence-corrected chi connectivity index (χ4v) is 3.73. The molecule has 0 spiro atoms. The average Bonchev–Trinajstić information content (AvgIpc) is 3.40. The molecule has 3 heterocycles. The molecule has 0 bridgehead atoms. The van der Waals surface area contributed by atoms with Gasteiger partial charge in [0.2, 0.25) is 0 Å². The summed E-state index contributed by atoms with van der Waals surface area (Å²) in [5, 5.41) is 6.72. The molecule has 0 amide bonds. The first-order chi connectivity index (χ1) is 13.8. The summed E-state index contributed by atoms with van der Waals surface area (Å²) in [6, 6.07) is 12.5. The van der Waals surface area contributed by atoms with Crippen molar-refractivity contribution < 1.29 is 4.74 Å². The summed E-state index contributed by atoms with van der Waals surface area (Å²) in [4.78, 5) is 11.7. The number of benzene rings is 1. The molecule has 6 nitrogen and oxygen atoms in total. The normalized spacial score (nSPS) is 18.7. The van der Waals surface area contributed by atoms with Crippen LogP contribution in [0.1, 0.15) is 30.9 Å². The number of nitrogens with zero attached hydrogens (tertiary/aromatic N) is 3. The van der Waals surface area contributed by atoms with Crippen LogP contribution in [0.2, 0.25) is 0 Å². The van der Waals surface area contributed by atoms with E-state index >= 15 is 0 Å². The van der Waals surface area contributed by atoms with Gasteiger partial charge >= 0.3 is 0 Å². The lowest BCUT2D eigenvalue weighted by Crippen LogP contribution is -2.42. The number of anilines is 1. The Morgan fingerprint density at radius 2 is 2.04 bits per heavy atom. The topological polar surface area (TPSA) is 61.8 Å². The third kappa shape index (κ3) is 4.55. The Morgan fingerprint density at radius 3 is 2.79 bits per heavy atom. The quantitative estimate of drug-likeness (QED) is 0.597. The molecule has 1 aromatic heterocycles. The van der Waals surface area contributed by atoms with Gasteiger partial charge in [0.25, 0.3) is 0 Å². The van der Waals surface area contributed by atoms with Crippen molar-refractivity contribution in [3.63, 3.8) is 0 Å². The molecular formula is C22H29N5O. The van der Waals surface area contributed by atoms with Crippen molar-refractivity contribution in [2.45, 2.75) is 38.8 Å². The van der Waals surface area contributed by atoms with Crippen LogP contribution in [-0.4, -0.2) is 43.2 Å². The molecule has 2 aliphatic rings. The standard InChI is InChI=1S/C22H29N5O/c1-2-23-22(26-16-19-13-18-7-3-4-8-20(18)28-19)25-15-17-9-10-21(24-14-17)27-11-5-6-12-27/h3-4,7-10,14,19H,2,5-6,11-13,15-16H2,1H3,(H2,23,25,26). The third-order valence-corrected chi connectivity index (χ3v) is 5.21. The molecule has 6 heteroatoms. The molecule has 148 valence electrons. The van der Waals surface area contributed by atoms with Gasteiger partial charge in [0.1, 0.15) is 17.7 Å². The van der Waals surface area contributed by atoms with E-state index in [1.54, 1.807) is 0 Å². The minimum Gasteiger partial charge on any atom is -0.488 e. The number of fused-ring (bicyclic) bond motifs is 1. The highest BCUT2D eigenvalue weighted by molar-refractivity contribution is 5.79. The Balaban J connectivity index is 1.30.